The Bertz CT molecular complexity index is 357. The molecule has 0 aromatic rings. The van der Waals surface area contributed by atoms with Gasteiger partial charge >= 0.3 is 11.9 Å². The molecule has 8 heteroatoms. The summed E-state index contributed by atoms with van der Waals surface area (Å²) in [6.45, 7) is 16.5. The highest BCUT2D eigenvalue weighted by molar-refractivity contribution is 5.66. The van der Waals surface area contributed by atoms with Crippen LogP contribution in [0.4, 0.5) is 0 Å². The van der Waals surface area contributed by atoms with Crippen LogP contribution in [-0.4, -0.2) is 78.5 Å². The van der Waals surface area contributed by atoms with E-state index in [-0.39, 0.29) is 24.1 Å². The van der Waals surface area contributed by atoms with Crippen molar-refractivity contribution in [2.45, 2.75) is 80.1 Å². The highest BCUT2D eigenvalue weighted by atomic mass is 16.6. The van der Waals surface area contributed by atoms with Crippen LogP contribution in [0.15, 0.2) is 0 Å². The number of esters is 2. The Morgan fingerprint density at radius 1 is 0.667 bits per heavy atom. The molecule has 3 unspecified atom stereocenters. The quantitative estimate of drug-likeness (QED) is 0.473. The van der Waals surface area contributed by atoms with Gasteiger partial charge in [0.15, 0.2) is 0 Å². The lowest BCUT2D eigenvalue weighted by atomic mass is 10.2. The van der Waals surface area contributed by atoms with Gasteiger partial charge in [0.05, 0.1) is 18.8 Å². The fourth-order valence-corrected chi connectivity index (χ4v) is 1.35. The zero-order valence-electron chi connectivity index (χ0n) is 21.4. The number of carbonyl (C=O) groups excluding carboxylic acids is 2. The van der Waals surface area contributed by atoms with Gasteiger partial charge < -0.3 is 28.4 Å². The zero-order chi connectivity index (χ0) is 24.5. The lowest BCUT2D eigenvalue weighted by Crippen LogP contribution is -2.17. The molecule has 0 rings (SSSR count). The van der Waals surface area contributed by atoms with Crippen molar-refractivity contribution in [1.29, 1.82) is 0 Å². The van der Waals surface area contributed by atoms with Crippen LogP contribution in [-0.2, 0) is 38.0 Å². The van der Waals surface area contributed by atoms with Crippen LogP contribution in [0.3, 0.4) is 0 Å². The van der Waals surface area contributed by atoms with Gasteiger partial charge in [0, 0.05) is 48.9 Å². The van der Waals surface area contributed by atoms with E-state index >= 15 is 0 Å². The lowest BCUT2D eigenvalue weighted by Gasteiger charge is -2.08. The maximum Gasteiger partial charge on any atom is 0.302 e. The van der Waals surface area contributed by atoms with E-state index in [4.69, 9.17) is 23.7 Å². The van der Waals surface area contributed by atoms with Gasteiger partial charge in [-0.2, -0.15) is 0 Å². The second-order valence-electron chi connectivity index (χ2n) is 7.03. The Kier molecular flexibility index (Phi) is 33.5. The third-order valence-electron chi connectivity index (χ3n) is 3.17. The SMILES string of the molecule is CCC(C)OC.COC(C)COC(C)=O.COCC(C)C.COCC(C)OC(C)=O. The predicted octanol–water partition coefficient (Wildman–Crippen LogP) is 3.89. The van der Waals surface area contributed by atoms with Crippen LogP contribution >= 0.6 is 0 Å². The first-order valence-electron chi connectivity index (χ1n) is 10.2. The molecule has 30 heavy (non-hydrogen) atoms. The molecule has 0 aromatic heterocycles. The second-order valence-corrected chi connectivity index (χ2v) is 7.03. The minimum absolute atomic E-state index is 0.00565. The molecule has 0 radical (unpaired) electrons. The van der Waals surface area contributed by atoms with Crippen LogP contribution in [0.1, 0.15) is 61.8 Å². The highest BCUT2D eigenvalue weighted by Crippen LogP contribution is 1.91. The van der Waals surface area contributed by atoms with Crippen molar-refractivity contribution in [3.05, 3.63) is 0 Å². The van der Waals surface area contributed by atoms with Crippen molar-refractivity contribution in [3.63, 3.8) is 0 Å². The summed E-state index contributed by atoms with van der Waals surface area (Å²) in [6.07, 6.45) is 1.41. The first-order valence-corrected chi connectivity index (χ1v) is 10.2. The maximum absolute atomic E-state index is 10.3. The average molecular weight is 441 g/mol. The van der Waals surface area contributed by atoms with E-state index in [1.165, 1.54) is 13.8 Å². The molecule has 0 aliphatic heterocycles. The first-order chi connectivity index (χ1) is 13.9. The Morgan fingerprint density at radius 2 is 1.13 bits per heavy atom. The molecule has 0 spiro atoms. The van der Waals surface area contributed by atoms with Crippen molar-refractivity contribution in [1.82, 2.24) is 0 Å². The van der Waals surface area contributed by atoms with Gasteiger partial charge in [0.25, 0.3) is 0 Å². The monoisotopic (exact) mass is 440 g/mol. The minimum Gasteiger partial charge on any atom is -0.463 e. The topological polar surface area (TPSA) is 89.5 Å². The number of carbonyl (C=O) groups is 2. The van der Waals surface area contributed by atoms with Crippen LogP contribution in [0.2, 0.25) is 0 Å². The molecular formula is C22H48O8. The third-order valence-corrected chi connectivity index (χ3v) is 3.17. The zero-order valence-corrected chi connectivity index (χ0v) is 21.4. The van der Waals surface area contributed by atoms with Crippen molar-refractivity contribution in [3.8, 4) is 0 Å². The van der Waals surface area contributed by atoms with Gasteiger partial charge in [-0.1, -0.05) is 20.8 Å². The second kappa shape index (κ2) is 27.8. The molecule has 8 nitrogen and oxygen atoms in total. The van der Waals surface area contributed by atoms with E-state index in [1.54, 1.807) is 35.4 Å². The Morgan fingerprint density at radius 3 is 1.33 bits per heavy atom. The van der Waals surface area contributed by atoms with Gasteiger partial charge in [-0.25, -0.2) is 0 Å². The molecule has 0 saturated carbocycles. The fourth-order valence-electron chi connectivity index (χ4n) is 1.35. The highest BCUT2D eigenvalue weighted by Gasteiger charge is 2.02. The normalized spacial score (nSPS) is 12.6. The predicted molar refractivity (Wildman–Crippen MR) is 120 cm³/mol. The third kappa shape index (κ3) is 45.5. The van der Waals surface area contributed by atoms with E-state index in [1.807, 2.05) is 6.92 Å². The molecule has 0 amide bonds. The van der Waals surface area contributed by atoms with Crippen LogP contribution in [0.5, 0.6) is 0 Å². The molecular weight excluding hydrogens is 392 g/mol. The number of ether oxygens (including phenoxy) is 6. The molecule has 0 fully saturated rings. The van der Waals surface area contributed by atoms with Gasteiger partial charge in [0.1, 0.15) is 12.7 Å². The largest absolute Gasteiger partial charge is 0.463 e. The van der Waals surface area contributed by atoms with Crippen LogP contribution < -0.4 is 0 Å². The van der Waals surface area contributed by atoms with Crippen LogP contribution in [0.25, 0.3) is 0 Å². The van der Waals surface area contributed by atoms with Crippen molar-refractivity contribution >= 4 is 11.9 Å². The Hall–Kier alpha value is -1.22. The van der Waals surface area contributed by atoms with E-state index in [2.05, 4.69) is 32.4 Å². The van der Waals surface area contributed by atoms with E-state index < -0.39 is 0 Å². The van der Waals surface area contributed by atoms with E-state index in [0.717, 1.165) is 13.0 Å². The van der Waals surface area contributed by atoms with Crippen LogP contribution in [0, 0.1) is 5.92 Å². The summed E-state index contributed by atoms with van der Waals surface area (Å²) in [5.74, 6) is 0.147. The van der Waals surface area contributed by atoms with Crippen molar-refractivity contribution < 1.29 is 38.0 Å². The fraction of sp³-hybridized carbons (Fsp3) is 0.909. The lowest BCUT2D eigenvalue weighted by molar-refractivity contribution is -0.147. The van der Waals surface area contributed by atoms with E-state index in [9.17, 15) is 9.59 Å². The Balaban J connectivity index is -0.000000153. The average Bonchev–Trinajstić information content (AvgIpc) is 2.66. The molecule has 0 heterocycles. The maximum atomic E-state index is 10.3. The molecule has 0 saturated heterocycles. The first kappa shape index (κ1) is 36.2. The minimum atomic E-state index is -0.265. The molecule has 184 valence electrons. The summed E-state index contributed by atoms with van der Waals surface area (Å²) < 4.78 is 28.6. The van der Waals surface area contributed by atoms with Gasteiger partial charge in [0.2, 0.25) is 0 Å². The molecule has 0 aliphatic carbocycles. The van der Waals surface area contributed by atoms with Gasteiger partial charge in [-0.3, -0.25) is 9.59 Å². The summed E-state index contributed by atoms with van der Waals surface area (Å²) in [6, 6.07) is 0. The standard InChI is InChI=1S/2C6H12O3.2C5H12O/c1-5(8-3)4-9-6(2)7;1-5(4-8-3)9-6(2)7;1-5(2)4-6-3;1-4-5(2)6-3/h2*5H,4H2,1-3H3;2*5H,4H2,1-3H3. The smallest absolute Gasteiger partial charge is 0.302 e. The number of hydrogen-bond donors (Lipinski definition) is 0. The van der Waals surface area contributed by atoms with Crippen molar-refractivity contribution in [2.24, 2.45) is 5.92 Å². The van der Waals surface area contributed by atoms with Gasteiger partial charge in [-0.15, -0.1) is 0 Å². The number of hydrogen-bond acceptors (Lipinski definition) is 8. The number of methoxy groups -OCH3 is 4. The van der Waals surface area contributed by atoms with Crippen molar-refractivity contribution in [2.75, 3.05) is 48.3 Å². The molecule has 0 aliphatic rings. The molecule has 0 N–H and O–H groups in total. The summed E-state index contributed by atoms with van der Waals surface area (Å²) in [4.78, 5) is 20.4. The Labute approximate surface area is 184 Å². The number of rotatable bonds is 10. The summed E-state index contributed by atoms with van der Waals surface area (Å²) in [5, 5.41) is 0. The summed E-state index contributed by atoms with van der Waals surface area (Å²) >= 11 is 0. The molecule has 3 atom stereocenters. The molecule has 0 bridgehead atoms. The summed E-state index contributed by atoms with van der Waals surface area (Å²) in [5.41, 5.74) is 0. The summed E-state index contributed by atoms with van der Waals surface area (Å²) in [7, 11) is 6.60. The van der Waals surface area contributed by atoms with E-state index in [0.29, 0.717) is 25.2 Å². The molecule has 0 aromatic carbocycles. The van der Waals surface area contributed by atoms with Gasteiger partial charge in [-0.05, 0) is 33.1 Å².